The van der Waals surface area contributed by atoms with Crippen LogP contribution in [0.3, 0.4) is 0 Å². The summed E-state index contributed by atoms with van der Waals surface area (Å²) in [7, 11) is 0. The highest BCUT2D eigenvalue weighted by Crippen LogP contribution is 2.21. The highest BCUT2D eigenvalue weighted by molar-refractivity contribution is 5.38. The van der Waals surface area contributed by atoms with Crippen molar-refractivity contribution in [3.63, 3.8) is 0 Å². The fourth-order valence-corrected chi connectivity index (χ4v) is 2.28. The molecule has 1 fully saturated rings. The molecule has 1 aromatic heterocycles. The second kappa shape index (κ2) is 5.45. The van der Waals surface area contributed by atoms with E-state index in [2.05, 4.69) is 41.1 Å². The first-order valence-electron chi connectivity index (χ1n) is 6.46. The van der Waals surface area contributed by atoms with Gasteiger partial charge in [0, 0.05) is 13.1 Å². The van der Waals surface area contributed by atoms with Crippen LogP contribution in [0.15, 0.2) is 12.1 Å². The third-order valence-electron chi connectivity index (χ3n) is 3.27. The first kappa shape index (κ1) is 12.3. The molecule has 1 aliphatic rings. The minimum Gasteiger partial charge on any atom is -0.355 e. The van der Waals surface area contributed by atoms with Crippen LogP contribution in [0.25, 0.3) is 0 Å². The van der Waals surface area contributed by atoms with Gasteiger partial charge in [0.05, 0.1) is 5.69 Å². The van der Waals surface area contributed by atoms with E-state index in [1.165, 1.54) is 6.42 Å². The lowest BCUT2D eigenvalue weighted by Gasteiger charge is -2.16. The summed E-state index contributed by atoms with van der Waals surface area (Å²) in [5.74, 6) is 2.24. The summed E-state index contributed by atoms with van der Waals surface area (Å²) < 4.78 is 0. The van der Waals surface area contributed by atoms with Crippen molar-refractivity contribution in [3.05, 3.63) is 17.8 Å². The first-order valence-corrected chi connectivity index (χ1v) is 6.46. The van der Waals surface area contributed by atoms with Gasteiger partial charge in [0.15, 0.2) is 5.82 Å². The lowest BCUT2D eigenvalue weighted by atomic mass is 10.1. The zero-order valence-electron chi connectivity index (χ0n) is 10.8. The van der Waals surface area contributed by atoms with Gasteiger partial charge in [-0.25, -0.2) is 0 Å². The highest BCUT2D eigenvalue weighted by atomic mass is 15.3. The van der Waals surface area contributed by atoms with Gasteiger partial charge in [-0.3, -0.25) is 0 Å². The summed E-state index contributed by atoms with van der Waals surface area (Å²) in [6, 6.07) is 4.18. The van der Waals surface area contributed by atoms with Crippen molar-refractivity contribution in [2.75, 3.05) is 24.5 Å². The van der Waals surface area contributed by atoms with Gasteiger partial charge in [-0.15, -0.1) is 5.10 Å². The first-order chi connectivity index (χ1) is 8.19. The fourth-order valence-electron chi connectivity index (χ4n) is 2.28. The third-order valence-corrected chi connectivity index (χ3v) is 3.27. The summed E-state index contributed by atoms with van der Waals surface area (Å²) >= 11 is 0. The molecule has 0 radical (unpaired) electrons. The molecule has 1 saturated heterocycles. The maximum absolute atomic E-state index is 5.69. The second-order valence-electron chi connectivity index (χ2n) is 5.32. The predicted molar refractivity (Wildman–Crippen MR) is 69.9 cm³/mol. The van der Waals surface area contributed by atoms with Gasteiger partial charge in [-0.05, 0) is 43.4 Å². The van der Waals surface area contributed by atoms with Crippen molar-refractivity contribution in [3.8, 4) is 0 Å². The Morgan fingerprint density at radius 1 is 1.41 bits per heavy atom. The van der Waals surface area contributed by atoms with Crippen LogP contribution in [-0.4, -0.2) is 29.8 Å². The van der Waals surface area contributed by atoms with E-state index in [-0.39, 0.29) is 0 Å². The molecule has 1 unspecified atom stereocenters. The molecule has 4 nitrogen and oxygen atoms in total. The summed E-state index contributed by atoms with van der Waals surface area (Å²) in [6.45, 7) is 7.24. The van der Waals surface area contributed by atoms with Crippen LogP contribution < -0.4 is 10.6 Å². The molecule has 0 spiro atoms. The quantitative estimate of drug-likeness (QED) is 0.857. The van der Waals surface area contributed by atoms with Crippen LogP contribution in [0.5, 0.6) is 0 Å². The molecule has 1 aliphatic heterocycles. The summed E-state index contributed by atoms with van der Waals surface area (Å²) in [6.07, 6.45) is 2.17. The van der Waals surface area contributed by atoms with Crippen molar-refractivity contribution >= 4 is 5.82 Å². The van der Waals surface area contributed by atoms with Gasteiger partial charge in [-0.2, -0.15) is 5.10 Å². The van der Waals surface area contributed by atoms with E-state index in [9.17, 15) is 0 Å². The zero-order valence-corrected chi connectivity index (χ0v) is 10.8. The summed E-state index contributed by atoms with van der Waals surface area (Å²) in [5.41, 5.74) is 6.77. The Bertz CT molecular complexity index is 347. The van der Waals surface area contributed by atoms with Gasteiger partial charge in [0.1, 0.15) is 0 Å². The topological polar surface area (TPSA) is 55.0 Å². The number of nitrogens with zero attached hydrogens (tertiary/aromatic N) is 3. The maximum Gasteiger partial charge on any atom is 0.151 e. The zero-order chi connectivity index (χ0) is 12.3. The van der Waals surface area contributed by atoms with Crippen LogP contribution in [0.1, 0.15) is 26.0 Å². The second-order valence-corrected chi connectivity index (χ2v) is 5.32. The monoisotopic (exact) mass is 234 g/mol. The van der Waals surface area contributed by atoms with Crippen molar-refractivity contribution < 1.29 is 0 Å². The molecule has 2 N–H and O–H groups in total. The molecule has 0 aliphatic carbocycles. The SMILES string of the molecule is CC(C)Cc1ccc(N2CCC(CN)C2)nn1. The van der Waals surface area contributed by atoms with E-state index >= 15 is 0 Å². The largest absolute Gasteiger partial charge is 0.355 e. The van der Waals surface area contributed by atoms with Crippen molar-refractivity contribution in [2.45, 2.75) is 26.7 Å². The molecule has 1 atom stereocenters. The molecular formula is C13H22N4. The maximum atomic E-state index is 5.69. The Labute approximate surface area is 103 Å². The Hall–Kier alpha value is -1.16. The molecule has 2 heterocycles. The standard InChI is InChI=1S/C13H22N4/c1-10(2)7-12-3-4-13(16-15-12)17-6-5-11(8-14)9-17/h3-4,10-11H,5-9,14H2,1-2H3. The molecule has 0 amide bonds. The van der Waals surface area contributed by atoms with Gasteiger partial charge in [0.2, 0.25) is 0 Å². The Kier molecular flexibility index (Phi) is 3.94. The molecule has 4 heteroatoms. The average molecular weight is 234 g/mol. The van der Waals surface area contributed by atoms with E-state index < -0.39 is 0 Å². The molecule has 17 heavy (non-hydrogen) atoms. The number of hydrogen-bond donors (Lipinski definition) is 1. The number of aromatic nitrogens is 2. The van der Waals surface area contributed by atoms with Crippen LogP contribution >= 0.6 is 0 Å². The van der Waals surface area contributed by atoms with Crippen LogP contribution in [0, 0.1) is 11.8 Å². The van der Waals surface area contributed by atoms with E-state index in [1.807, 2.05) is 0 Å². The minimum absolute atomic E-state index is 0.618. The smallest absolute Gasteiger partial charge is 0.151 e. The molecule has 0 aromatic carbocycles. The normalized spacial score (nSPS) is 20.2. The number of nitrogens with two attached hydrogens (primary N) is 1. The van der Waals surface area contributed by atoms with E-state index in [1.54, 1.807) is 0 Å². The van der Waals surface area contributed by atoms with E-state index in [0.29, 0.717) is 11.8 Å². The van der Waals surface area contributed by atoms with E-state index in [0.717, 1.165) is 37.6 Å². The lowest BCUT2D eigenvalue weighted by molar-refractivity contribution is 0.601. The fraction of sp³-hybridized carbons (Fsp3) is 0.692. The Morgan fingerprint density at radius 3 is 2.76 bits per heavy atom. The number of hydrogen-bond acceptors (Lipinski definition) is 4. The highest BCUT2D eigenvalue weighted by Gasteiger charge is 2.22. The number of anilines is 1. The lowest BCUT2D eigenvalue weighted by Crippen LogP contribution is -2.23. The van der Waals surface area contributed by atoms with Gasteiger partial charge < -0.3 is 10.6 Å². The summed E-state index contributed by atoms with van der Waals surface area (Å²) in [4.78, 5) is 2.28. The van der Waals surface area contributed by atoms with Crippen LogP contribution in [-0.2, 0) is 6.42 Å². The molecule has 94 valence electrons. The van der Waals surface area contributed by atoms with Crippen molar-refractivity contribution in [1.82, 2.24) is 10.2 Å². The van der Waals surface area contributed by atoms with Gasteiger partial charge in [0.25, 0.3) is 0 Å². The third kappa shape index (κ3) is 3.16. The Morgan fingerprint density at radius 2 is 2.24 bits per heavy atom. The van der Waals surface area contributed by atoms with Gasteiger partial charge in [-0.1, -0.05) is 13.8 Å². The molecule has 1 aromatic rings. The Balaban J connectivity index is 1.98. The van der Waals surface area contributed by atoms with Crippen LogP contribution in [0.2, 0.25) is 0 Å². The summed E-state index contributed by atoms with van der Waals surface area (Å²) in [5, 5.41) is 8.61. The van der Waals surface area contributed by atoms with Crippen molar-refractivity contribution in [2.24, 2.45) is 17.6 Å². The molecule has 0 saturated carbocycles. The molecular weight excluding hydrogens is 212 g/mol. The predicted octanol–water partition coefficient (Wildman–Crippen LogP) is 1.46. The van der Waals surface area contributed by atoms with Crippen LogP contribution in [0.4, 0.5) is 5.82 Å². The van der Waals surface area contributed by atoms with Crippen molar-refractivity contribution in [1.29, 1.82) is 0 Å². The molecule has 2 rings (SSSR count). The number of rotatable bonds is 4. The average Bonchev–Trinajstić information content (AvgIpc) is 2.78. The van der Waals surface area contributed by atoms with E-state index in [4.69, 9.17) is 5.73 Å². The molecule has 0 bridgehead atoms. The minimum atomic E-state index is 0.618. The van der Waals surface area contributed by atoms with Gasteiger partial charge >= 0.3 is 0 Å².